The van der Waals surface area contributed by atoms with Crippen molar-refractivity contribution in [1.82, 2.24) is 15.0 Å². The molecule has 156 valence electrons. The van der Waals surface area contributed by atoms with Gasteiger partial charge in [0.15, 0.2) is 5.69 Å². The van der Waals surface area contributed by atoms with E-state index in [2.05, 4.69) is 15.0 Å². The van der Waals surface area contributed by atoms with E-state index in [-0.39, 0.29) is 29.2 Å². The molecule has 9 heteroatoms. The monoisotopic (exact) mass is 421 g/mol. The van der Waals surface area contributed by atoms with E-state index in [1.165, 1.54) is 24.5 Å². The van der Waals surface area contributed by atoms with E-state index in [1.807, 2.05) is 6.07 Å². The fraction of sp³-hybridized carbons (Fsp3) is 0.0455. The predicted octanol–water partition coefficient (Wildman–Crippen LogP) is 3.68. The summed E-state index contributed by atoms with van der Waals surface area (Å²) in [5.41, 5.74) is 12.0. The zero-order valence-electron chi connectivity index (χ0n) is 16.1. The number of primary amides is 1. The molecule has 5 N–H and O–H groups in total. The fourth-order valence-corrected chi connectivity index (χ4v) is 3.17. The van der Waals surface area contributed by atoms with Crippen LogP contribution in [0.5, 0.6) is 5.75 Å². The number of carbonyl (C=O) groups is 1. The first-order chi connectivity index (χ1) is 15.0. The van der Waals surface area contributed by atoms with E-state index in [0.29, 0.717) is 11.3 Å². The van der Waals surface area contributed by atoms with Gasteiger partial charge in [-0.25, -0.2) is 13.8 Å². The van der Waals surface area contributed by atoms with Crippen LogP contribution in [0, 0.1) is 11.6 Å². The number of nitrogens with two attached hydrogens (primary N) is 2. The van der Waals surface area contributed by atoms with Crippen LogP contribution < -0.4 is 16.2 Å². The number of rotatable bonds is 6. The average Bonchev–Trinajstić information content (AvgIpc) is 3.26. The molecule has 0 aliphatic rings. The van der Waals surface area contributed by atoms with E-state index in [1.54, 1.807) is 18.5 Å². The number of pyridine rings is 2. The van der Waals surface area contributed by atoms with Gasteiger partial charge in [0.05, 0.1) is 16.9 Å². The molecular weight excluding hydrogens is 404 g/mol. The number of H-pyrrole nitrogens is 1. The van der Waals surface area contributed by atoms with E-state index >= 15 is 0 Å². The molecule has 3 heterocycles. The molecule has 0 fully saturated rings. The Morgan fingerprint density at radius 1 is 1.13 bits per heavy atom. The molecule has 0 saturated carbocycles. The van der Waals surface area contributed by atoms with Crippen molar-refractivity contribution in [2.45, 2.75) is 6.61 Å². The highest BCUT2D eigenvalue weighted by molar-refractivity contribution is 5.99. The molecule has 31 heavy (non-hydrogen) atoms. The highest BCUT2D eigenvalue weighted by Crippen LogP contribution is 2.39. The van der Waals surface area contributed by atoms with Crippen molar-refractivity contribution in [1.29, 1.82) is 0 Å². The largest absolute Gasteiger partial charge is 0.488 e. The van der Waals surface area contributed by atoms with Crippen LogP contribution in [0.15, 0.2) is 61.2 Å². The Bertz CT molecular complexity index is 1240. The summed E-state index contributed by atoms with van der Waals surface area (Å²) in [6.45, 7) is 0.242. The molecule has 0 radical (unpaired) electrons. The number of amides is 1. The molecule has 0 aliphatic carbocycles. The number of aromatic nitrogens is 3. The highest BCUT2D eigenvalue weighted by atomic mass is 19.1. The number of hydrogen-bond donors (Lipinski definition) is 3. The molecule has 0 atom stereocenters. The van der Waals surface area contributed by atoms with Gasteiger partial charge in [-0.05, 0) is 30.3 Å². The first kappa shape index (κ1) is 20.0. The van der Waals surface area contributed by atoms with Crippen LogP contribution >= 0.6 is 0 Å². The SMILES string of the molecule is NC(=O)c1nc(-c2c(F)cccc2F)c(-c2cnccc2OCc2cc[nH]c2)cc1N. The lowest BCUT2D eigenvalue weighted by Gasteiger charge is -2.16. The van der Waals surface area contributed by atoms with E-state index < -0.39 is 23.1 Å². The number of nitrogen functional groups attached to an aromatic ring is 1. The smallest absolute Gasteiger partial charge is 0.269 e. The van der Waals surface area contributed by atoms with Crippen LogP contribution in [-0.2, 0) is 6.61 Å². The van der Waals surface area contributed by atoms with E-state index in [4.69, 9.17) is 16.2 Å². The van der Waals surface area contributed by atoms with Crippen LogP contribution in [0.25, 0.3) is 22.4 Å². The van der Waals surface area contributed by atoms with Gasteiger partial charge >= 0.3 is 0 Å². The van der Waals surface area contributed by atoms with Gasteiger partial charge in [-0.3, -0.25) is 9.78 Å². The molecule has 0 spiro atoms. The molecule has 4 rings (SSSR count). The van der Waals surface area contributed by atoms with Crippen LogP contribution in [0.1, 0.15) is 16.1 Å². The number of carbonyl (C=O) groups excluding carboxylic acids is 1. The normalized spacial score (nSPS) is 10.8. The third-order valence-electron chi connectivity index (χ3n) is 4.61. The van der Waals surface area contributed by atoms with Gasteiger partial charge in [-0.15, -0.1) is 0 Å². The summed E-state index contributed by atoms with van der Waals surface area (Å²) in [7, 11) is 0. The second-order valence-electron chi connectivity index (χ2n) is 6.66. The first-order valence-corrected chi connectivity index (χ1v) is 9.19. The predicted molar refractivity (Wildman–Crippen MR) is 111 cm³/mol. The van der Waals surface area contributed by atoms with E-state index in [9.17, 15) is 13.6 Å². The van der Waals surface area contributed by atoms with Crippen LogP contribution in [0.4, 0.5) is 14.5 Å². The minimum Gasteiger partial charge on any atom is -0.488 e. The molecule has 0 saturated heterocycles. The Morgan fingerprint density at radius 2 is 1.90 bits per heavy atom. The van der Waals surface area contributed by atoms with Crippen LogP contribution in [0.3, 0.4) is 0 Å². The maximum Gasteiger partial charge on any atom is 0.269 e. The Morgan fingerprint density at radius 3 is 2.58 bits per heavy atom. The van der Waals surface area contributed by atoms with Gasteiger partial charge in [0.1, 0.15) is 24.0 Å². The molecule has 0 aliphatic heterocycles. The summed E-state index contributed by atoms with van der Waals surface area (Å²) >= 11 is 0. The molecule has 1 amide bonds. The highest BCUT2D eigenvalue weighted by Gasteiger charge is 2.23. The summed E-state index contributed by atoms with van der Waals surface area (Å²) < 4.78 is 35.1. The Labute approximate surface area is 175 Å². The number of halogens is 2. The topological polar surface area (TPSA) is 120 Å². The number of anilines is 1. The second kappa shape index (κ2) is 8.23. The number of nitrogens with one attached hydrogen (secondary N) is 1. The van der Waals surface area contributed by atoms with Gasteiger partial charge in [-0.1, -0.05) is 6.07 Å². The van der Waals surface area contributed by atoms with Crippen LogP contribution in [0.2, 0.25) is 0 Å². The molecular formula is C22H17F2N5O2. The van der Waals surface area contributed by atoms with Gasteiger partial charge in [0, 0.05) is 41.5 Å². The van der Waals surface area contributed by atoms with Crippen molar-refractivity contribution in [3.63, 3.8) is 0 Å². The van der Waals surface area contributed by atoms with Crippen molar-refractivity contribution in [3.8, 4) is 28.1 Å². The number of ether oxygens (including phenoxy) is 1. The molecule has 4 aromatic rings. The van der Waals surface area contributed by atoms with Gasteiger partial charge in [0.25, 0.3) is 5.91 Å². The molecule has 7 nitrogen and oxygen atoms in total. The van der Waals surface area contributed by atoms with E-state index in [0.717, 1.165) is 17.7 Å². The minimum absolute atomic E-state index is 0.0385. The lowest BCUT2D eigenvalue weighted by molar-refractivity contribution is 0.0996. The minimum atomic E-state index is -0.919. The summed E-state index contributed by atoms with van der Waals surface area (Å²) in [6, 6.07) is 8.27. The van der Waals surface area contributed by atoms with Crippen molar-refractivity contribution < 1.29 is 18.3 Å². The van der Waals surface area contributed by atoms with Crippen LogP contribution in [-0.4, -0.2) is 20.9 Å². The summed E-state index contributed by atoms with van der Waals surface area (Å²) in [5.74, 6) is -2.24. The van der Waals surface area contributed by atoms with Gasteiger partial charge in [0.2, 0.25) is 0 Å². The van der Waals surface area contributed by atoms with Crippen molar-refractivity contribution in [2.75, 3.05) is 5.73 Å². The fourth-order valence-electron chi connectivity index (χ4n) is 3.17. The lowest BCUT2D eigenvalue weighted by Crippen LogP contribution is -2.17. The van der Waals surface area contributed by atoms with Crippen molar-refractivity contribution in [3.05, 3.63) is 84.1 Å². The Balaban J connectivity index is 1.91. The quantitative estimate of drug-likeness (QED) is 0.439. The third kappa shape index (κ3) is 3.93. The second-order valence-corrected chi connectivity index (χ2v) is 6.66. The average molecular weight is 421 g/mol. The zero-order valence-corrected chi connectivity index (χ0v) is 16.1. The number of nitrogens with zero attached hydrogens (tertiary/aromatic N) is 2. The van der Waals surface area contributed by atoms with Gasteiger partial charge < -0.3 is 21.2 Å². The lowest BCUT2D eigenvalue weighted by atomic mass is 9.97. The van der Waals surface area contributed by atoms with Crippen molar-refractivity contribution >= 4 is 11.6 Å². The standard InChI is InChI=1S/C22H17F2N5O2/c23-15-2-1-3-16(24)19(15)20-13(8-17(25)21(29-20)22(26)30)14-10-28-7-5-18(14)31-11-12-4-6-27-9-12/h1-10,27H,11,25H2,(H2,26,30). The zero-order chi connectivity index (χ0) is 22.0. The maximum atomic E-state index is 14.6. The maximum absolute atomic E-state index is 14.6. The summed E-state index contributed by atoms with van der Waals surface area (Å²) in [4.78, 5) is 22.9. The Hall–Kier alpha value is -4.27. The third-order valence-corrected chi connectivity index (χ3v) is 4.61. The Kier molecular flexibility index (Phi) is 5.31. The summed E-state index contributed by atoms with van der Waals surface area (Å²) in [5, 5.41) is 0. The number of benzene rings is 1. The number of aromatic amines is 1. The van der Waals surface area contributed by atoms with Gasteiger partial charge in [-0.2, -0.15) is 0 Å². The summed E-state index contributed by atoms with van der Waals surface area (Å²) in [6.07, 6.45) is 6.53. The molecule has 3 aromatic heterocycles. The first-order valence-electron chi connectivity index (χ1n) is 9.19. The molecule has 1 aromatic carbocycles. The molecule has 0 unspecified atom stereocenters. The van der Waals surface area contributed by atoms with Crippen molar-refractivity contribution in [2.24, 2.45) is 5.73 Å². The molecule has 0 bridgehead atoms. The number of hydrogen-bond acceptors (Lipinski definition) is 5.